The molecule has 1 aliphatic heterocycles. The minimum Gasteiger partial charge on any atom is -0.481 e. The Morgan fingerprint density at radius 3 is 2.76 bits per heavy atom. The van der Waals surface area contributed by atoms with Crippen molar-refractivity contribution in [2.45, 2.75) is 4.90 Å². The van der Waals surface area contributed by atoms with Gasteiger partial charge in [0.15, 0.2) is 0 Å². The summed E-state index contributed by atoms with van der Waals surface area (Å²) in [4.78, 5) is 10.6. The number of anilines is 1. The molecule has 1 aromatic rings. The van der Waals surface area contributed by atoms with Crippen LogP contribution in [0.3, 0.4) is 0 Å². The van der Waals surface area contributed by atoms with Gasteiger partial charge in [0.2, 0.25) is 9.84 Å². The molecule has 17 heavy (non-hydrogen) atoms. The highest BCUT2D eigenvalue weighted by Gasteiger charge is 2.23. The molecule has 0 unspecified atom stereocenters. The third kappa shape index (κ3) is 2.62. The lowest BCUT2D eigenvalue weighted by Gasteiger charge is -2.18. The first kappa shape index (κ1) is 12.0. The fourth-order valence-electron chi connectivity index (χ4n) is 1.39. The quantitative estimate of drug-likeness (QED) is 0.867. The smallest absolute Gasteiger partial charge is 0.313 e. The van der Waals surface area contributed by atoms with Crippen LogP contribution in [0.2, 0.25) is 0 Å². The van der Waals surface area contributed by atoms with E-state index >= 15 is 0 Å². The van der Waals surface area contributed by atoms with Crippen LogP contribution in [0.15, 0.2) is 39.6 Å². The van der Waals surface area contributed by atoms with Crippen molar-refractivity contribution in [3.8, 4) is 0 Å². The van der Waals surface area contributed by atoms with Crippen LogP contribution in [0.1, 0.15) is 0 Å². The summed E-state index contributed by atoms with van der Waals surface area (Å²) in [5.74, 6) is -1.18. The van der Waals surface area contributed by atoms with Crippen LogP contribution in [0.4, 0.5) is 5.69 Å². The first-order valence-corrected chi connectivity index (χ1v) is 7.20. The number of aliphatic carboxylic acids is 1. The molecule has 0 saturated heterocycles. The highest BCUT2D eigenvalue weighted by Crippen LogP contribution is 2.32. The molecule has 2 rings (SSSR count). The van der Waals surface area contributed by atoms with E-state index in [1.54, 1.807) is 18.2 Å². The normalized spacial score (nSPS) is 16.6. The fourth-order valence-corrected chi connectivity index (χ4v) is 3.67. The Kier molecular flexibility index (Phi) is 3.12. The van der Waals surface area contributed by atoms with Crippen LogP contribution in [0.25, 0.3) is 0 Å². The number of carboxylic acids is 1. The average molecular weight is 271 g/mol. The summed E-state index contributed by atoms with van der Waals surface area (Å²) in [6, 6.07) is 6.50. The second kappa shape index (κ2) is 4.42. The largest absolute Gasteiger partial charge is 0.481 e. The number of carboxylic acid groups (broad SMARTS) is 1. The number of thioether (sulfide) groups is 1. The Morgan fingerprint density at radius 1 is 1.35 bits per heavy atom. The molecule has 1 heterocycles. The zero-order valence-corrected chi connectivity index (χ0v) is 10.2. The molecular weight excluding hydrogens is 262 g/mol. The molecule has 5 nitrogen and oxygen atoms in total. The average Bonchev–Trinajstić information content (AvgIpc) is 2.25. The molecule has 0 spiro atoms. The van der Waals surface area contributed by atoms with Gasteiger partial charge in [-0.05, 0) is 12.1 Å². The Bertz CT molecular complexity index is 592. The molecule has 0 aliphatic carbocycles. The topological polar surface area (TPSA) is 83.5 Å². The van der Waals surface area contributed by atoms with Crippen molar-refractivity contribution in [2.75, 3.05) is 11.1 Å². The lowest BCUT2D eigenvalue weighted by molar-refractivity contribution is -0.133. The third-order valence-electron chi connectivity index (χ3n) is 2.06. The van der Waals surface area contributed by atoms with E-state index in [0.29, 0.717) is 10.7 Å². The standard InChI is InChI=1S/C10H9NO4S2/c12-10(13)5-16-9-6-17(14,15)8-4-2-1-3-7(8)11-9/h1-4,6,11H,5H2,(H,12,13). The molecule has 90 valence electrons. The minimum absolute atomic E-state index is 0.184. The molecule has 0 amide bonds. The van der Waals surface area contributed by atoms with Crippen LogP contribution < -0.4 is 5.32 Å². The molecule has 0 bridgehead atoms. The van der Waals surface area contributed by atoms with E-state index in [1.165, 1.54) is 6.07 Å². The van der Waals surface area contributed by atoms with Crippen molar-refractivity contribution in [3.63, 3.8) is 0 Å². The van der Waals surface area contributed by atoms with Gasteiger partial charge < -0.3 is 10.4 Å². The van der Waals surface area contributed by atoms with Gasteiger partial charge in [-0.3, -0.25) is 4.79 Å². The van der Waals surface area contributed by atoms with Crippen molar-refractivity contribution in [1.29, 1.82) is 0 Å². The fraction of sp³-hybridized carbons (Fsp3) is 0.100. The summed E-state index contributed by atoms with van der Waals surface area (Å²) in [5.41, 5.74) is 0.475. The van der Waals surface area contributed by atoms with Crippen LogP contribution >= 0.6 is 11.8 Å². The van der Waals surface area contributed by atoms with Gasteiger partial charge in [-0.1, -0.05) is 23.9 Å². The maximum atomic E-state index is 11.9. The van der Waals surface area contributed by atoms with Gasteiger partial charge in [0, 0.05) is 0 Å². The molecule has 1 aromatic carbocycles. The summed E-state index contributed by atoms with van der Waals surface area (Å²) in [7, 11) is -3.48. The van der Waals surface area contributed by atoms with Crippen LogP contribution in [-0.2, 0) is 14.6 Å². The van der Waals surface area contributed by atoms with Crippen LogP contribution in [0.5, 0.6) is 0 Å². The Labute approximate surface area is 102 Å². The first-order valence-electron chi connectivity index (χ1n) is 4.66. The Morgan fingerprint density at radius 2 is 2.06 bits per heavy atom. The summed E-state index contributed by atoms with van der Waals surface area (Å²) in [6.45, 7) is 0. The summed E-state index contributed by atoms with van der Waals surface area (Å²) in [5, 5.41) is 12.8. The van der Waals surface area contributed by atoms with Crippen molar-refractivity contribution in [3.05, 3.63) is 34.7 Å². The van der Waals surface area contributed by atoms with Gasteiger partial charge in [-0.25, -0.2) is 8.42 Å². The highest BCUT2D eigenvalue weighted by atomic mass is 32.2. The van der Waals surface area contributed by atoms with E-state index in [4.69, 9.17) is 5.11 Å². The predicted octanol–water partition coefficient (Wildman–Crippen LogP) is 1.50. The van der Waals surface area contributed by atoms with Gasteiger partial charge in [0.1, 0.15) is 0 Å². The van der Waals surface area contributed by atoms with Gasteiger partial charge in [0.25, 0.3) is 0 Å². The maximum absolute atomic E-state index is 11.9. The van der Waals surface area contributed by atoms with Gasteiger partial charge in [0.05, 0.1) is 26.8 Å². The van der Waals surface area contributed by atoms with E-state index in [-0.39, 0.29) is 10.6 Å². The Hall–Kier alpha value is -1.47. The zero-order valence-electron chi connectivity index (χ0n) is 8.58. The maximum Gasteiger partial charge on any atom is 0.313 e. The number of para-hydroxylation sites is 1. The zero-order chi connectivity index (χ0) is 12.5. The van der Waals surface area contributed by atoms with Gasteiger partial charge >= 0.3 is 5.97 Å². The number of fused-ring (bicyclic) bond motifs is 1. The van der Waals surface area contributed by atoms with E-state index in [9.17, 15) is 13.2 Å². The van der Waals surface area contributed by atoms with E-state index < -0.39 is 15.8 Å². The molecule has 0 aromatic heterocycles. The van der Waals surface area contributed by atoms with Crippen LogP contribution in [-0.4, -0.2) is 25.2 Å². The number of nitrogens with one attached hydrogen (secondary N) is 1. The molecule has 0 fully saturated rings. The molecule has 1 aliphatic rings. The lowest BCUT2D eigenvalue weighted by atomic mass is 10.3. The number of carbonyl (C=O) groups is 1. The number of rotatable bonds is 3. The summed E-state index contributed by atoms with van der Waals surface area (Å²) < 4.78 is 23.7. The molecule has 2 N–H and O–H groups in total. The SMILES string of the molecule is O=C(O)CSC1=CS(=O)(=O)c2ccccc2N1. The van der Waals surface area contributed by atoms with Crippen molar-refractivity contribution in [2.24, 2.45) is 0 Å². The van der Waals surface area contributed by atoms with Gasteiger partial charge in [-0.2, -0.15) is 0 Å². The predicted molar refractivity (Wildman–Crippen MR) is 65.4 cm³/mol. The van der Waals surface area contributed by atoms with Crippen molar-refractivity contribution >= 4 is 33.3 Å². The van der Waals surface area contributed by atoms with Crippen molar-refractivity contribution < 1.29 is 18.3 Å². The van der Waals surface area contributed by atoms with Crippen LogP contribution in [0, 0.1) is 0 Å². The molecule has 0 atom stereocenters. The molecule has 0 radical (unpaired) electrons. The summed E-state index contributed by atoms with van der Waals surface area (Å²) >= 11 is 0.943. The van der Waals surface area contributed by atoms with E-state index in [1.807, 2.05) is 0 Å². The molecule has 0 saturated carbocycles. The second-order valence-electron chi connectivity index (χ2n) is 3.33. The summed E-state index contributed by atoms with van der Waals surface area (Å²) in [6.07, 6.45) is 0. The molecule has 7 heteroatoms. The lowest BCUT2D eigenvalue weighted by Crippen LogP contribution is -2.12. The van der Waals surface area contributed by atoms with E-state index in [2.05, 4.69) is 5.32 Å². The Balaban J connectivity index is 2.32. The minimum atomic E-state index is -3.48. The van der Waals surface area contributed by atoms with E-state index in [0.717, 1.165) is 17.2 Å². The highest BCUT2D eigenvalue weighted by molar-refractivity contribution is 8.05. The van der Waals surface area contributed by atoms with Gasteiger partial charge in [-0.15, -0.1) is 0 Å². The number of benzene rings is 1. The second-order valence-corrected chi connectivity index (χ2v) is 6.11. The number of hydrogen-bond acceptors (Lipinski definition) is 5. The molecular formula is C10H9NO4S2. The number of sulfone groups is 1. The number of hydrogen-bond donors (Lipinski definition) is 2. The monoisotopic (exact) mass is 271 g/mol. The first-order chi connectivity index (χ1) is 7.99. The van der Waals surface area contributed by atoms with Crippen molar-refractivity contribution in [1.82, 2.24) is 0 Å². The third-order valence-corrected chi connectivity index (χ3v) is 4.65.